The van der Waals surface area contributed by atoms with E-state index in [2.05, 4.69) is 40.1 Å². The zero-order chi connectivity index (χ0) is 13.1. The lowest BCUT2D eigenvalue weighted by Crippen LogP contribution is -2.19. The van der Waals surface area contributed by atoms with E-state index in [0.29, 0.717) is 12.5 Å². The lowest BCUT2D eigenvalue weighted by atomic mass is 9.85. The van der Waals surface area contributed by atoms with Crippen LogP contribution in [0.15, 0.2) is 16.6 Å². The molecular weight excluding hydrogens is 292 g/mol. The average molecular weight is 313 g/mol. The van der Waals surface area contributed by atoms with Crippen molar-refractivity contribution >= 4 is 15.9 Å². The van der Waals surface area contributed by atoms with Crippen molar-refractivity contribution in [3.05, 3.63) is 28.0 Å². The molecule has 2 unspecified atom stereocenters. The Bertz CT molecular complexity index is 439. The lowest BCUT2D eigenvalue weighted by molar-refractivity contribution is 0.0642. The first-order chi connectivity index (χ1) is 8.59. The molecule has 18 heavy (non-hydrogen) atoms. The maximum atomic E-state index is 5.88. The van der Waals surface area contributed by atoms with Gasteiger partial charge in [-0.05, 0) is 47.5 Å². The zero-order valence-corrected chi connectivity index (χ0v) is 12.9. The Kier molecular flexibility index (Phi) is 4.62. The Morgan fingerprint density at radius 1 is 1.44 bits per heavy atom. The van der Waals surface area contributed by atoms with Gasteiger partial charge in [0.05, 0.1) is 29.1 Å². The van der Waals surface area contributed by atoms with E-state index >= 15 is 0 Å². The second-order valence-electron chi connectivity index (χ2n) is 5.16. The summed E-state index contributed by atoms with van der Waals surface area (Å²) in [6.45, 7) is 5.77. The van der Waals surface area contributed by atoms with E-state index in [1.807, 2.05) is 18.7 Å². The van der Waals surface area contributed by atoms with Crippen LogP contribution >= 0.6 is 15.9 Å². The van der Waals surface area contributed by atoms with Gasteiger partial charge in [0.25, 0.3) is 0 Å². The van der Waals surface area contributed by atoms with Crippen molar-refractivity contribution in [2.75, 3.05) is 6.61 Å². The standard InChI is InChI=1S/C14H21BrN2O/c1-10-6-4-5-7-12(10)8-18-9-13-14(15)11(2)16-17(13)3/h4-5,10,12H,6-9H2,1-3H3. The summed E-state index contributed by atoms with van der Waals surface area (Å²) in [4.78, 5) is 0. The van der Waals surface area contributed by atoms with Gasteiger partial charge in [0.2, 0.25) is 0 Å². The highest BCUT2D eigenvalue weighted by atomic mass is 79.9. The number of nitrogens with zero attached hydrogens (tertiary/aromatic N) is 2. The van der Waals surface area contributed by atoms with Gasteiger partial charge in [-0.25, -0.2) is 0 Å². The van der Waals surface area contributed by atoms with Crippen molar-refractivity contribution in [1.82, 2.24) is 9.78 Å². The second-order valence-corrected chi connectivity index (χ2v) is 5.96. The van der Waals surface area contributed by atoms with Crippen LogP contribution in [0.25, 0.3) is 0 Å². The summed E-state index contributed by atoms with van der Waals surface area (Å²) in [6.07, 6.45) is 6.88. The number of hydrogen-bond donors (Lipinski definition) is 0. The van der Waals surface area contributed by atoms with Crippen LogP contribution in [0.4, 0.5) is 0 Å². The molecule has 2 rings (SSSR count). The molecule has 1 heterocycles. The van der Waals surface area contributed by atoms with Crippen LogP contribution in [-0.2, 0) is 18.4 Å². The molecule has 4 heteroatoms. The number of hydrogen-bond acceptors (Lipinski definition) is 2. The molecule has 1 aliphatic carbocycles. The summed E-state index contributed by atoms with van der Waals surface area (Å²) in [6, 6.07) is 0. The fourth-order valence-electron chi connectivity index (χ4n) is 2.38. The fourth-order valence-corrected chi connectivity index (χ4v) is 2.83. The predicted molar refractivity (Wildman–Crippen MR) is 76.3 cm³/mol. The van der Waals surface area contributed by atoms with Crippen molar-refractivity contribution < 1.29 is 4.74 Å². The van der Waals surface area contributed by atoms with Gasteiger partial charge >= 0.3 is 0 Å². The Morgan fingerprint density at radius 2 is 2.17 bits per heavy atom. The molecule has 0 spiro atoms. The third-order valence-corrected chi connectivity index (χ3v) is 4.78. The van der Waals surface area contributed by atoms with Gasteiger partial charge in [0, 0.05) is 7.05 Å². The molecule has 0 aliphatic heterocycles. The van der Waals surface area contributed by atoms with Crippen LogP contribution in [-0.4, -0.2) is 16.4 Å². The largest absolute Gasteiger partial charge is 0.375 e. The van der Waals surface area contributed by atoms with E-state index in [1.165, 1.54) is 6.42 Å². The Hall–Kier alpha value is -0.610. The zero-order valence-electron chi connectivity index (χ0n) is 11.3. The smallest absolute Gasteiger partial charge is 0.0896 e. The van der Waals surface area contributed by atoms with E-state index in [1.54, 1.807) is 0 Å². The highest BCUT2D eigenvalue weighted by molar-refractivity contribution is 9.10. The second kappa shape index (κ2) is 6.02. The number of allylic oxidation sites excluding steroid dienone is 2. The molecule has 0 amide bonds. The van der Waals surface area contributed by atoms with Crippen LogP contribution in [0.1, 0.15) is 31.2 Å². The molecule has 0 N–H and O–H groups in total. The van der Waals surface area contributed by atoms with Gasteiger partial charge in [0.1, 0.15) is 0 Å². The van der Waals surface area contributed by atoms with Crippen molar-refractivity contribution in [1.29, 1.82) is 0 Å². The maximum Gasteiger partial charge on any atom is 0.0896 e. The molecule has 0 saturated heterocycles. The highest BCUT2D eigenvalue weighted by Crippen LogP contribution is 2.26. The summed E-state index contributed by atoms with van der Waals surface area (Å²) in [7, 11) is 1.96. The van der Waals surface area contributed by atoms with Crippen molar-refractivity contribution in [3.8, 4) is 0 Å². The van der Waals surface area contributed by atoms with Crippen LogP contribution in [0.3, 0.4) is 0 Å². The first-order valence-electron chi connectivity index (χ1n) is 6.50. The number of halogens is 1. The summed E-state index contributed by atoms with van der Waals surface area (Å²) in [5.74, 6) is 1.38. The van der Waals surface area contributed by atoms with Gasteiger partial charge < -0.3 is 4.74 Å². The first kappa shape index (κ1) is 13.8. The van der Waals surface area contributed by atoms with Gasteiger partial charge in [0.15, 0.2) is 0 Å². The first-order valence-corrected chi connectivity index (χ1v) is 7.29. The molecule has 1 aliphatic rings. The van der Waals surface area contributed by atoms with Crippen LogP contribution in [0.2, 0.25) is 0 Å². The molecule has 100 valence electrons. The molecule has 2 atom stereocenters. The van der Waals surface area contributed by atoms with Gasteiger partial charge in [-0.15, -0.1) is 0 Å². The molecule has 0 aromatic carbocycles. The number of ether oxygens (including phenoxy) is 1. The molecule has 1 aromatic heterocycles. The topological polar surface area (TPSA) is 27.1 Å². The molecule has 0 saturated carbocycles. The van der Waals surface area contributed by atoms with E-state index in [4.69, 9.17) is 4.74 Å². The summed E-state index contributed by atoms with van der Waals surface area (Å²) >= 11 is 3.56. The molecular formula is C14H21BrN2O. The fraction of sp³-hybridized carbons (Fsp3) is 0.643. The third-order valence-electron chi connectivity index (χ3n) is 3.75. The number of rotatable bonds is 4. The Labute approximate surface area is 117 Å². The summed E-state index contributed by atoms with van der Waals surface area (Å²) < 4.78 is 8.84. The minimum absolute atomic E-state index is 0.630. The van der Waals surface area contributed by atoms with Crippen LogP contribution in [0, 0.1) is 18.8 Å². The normalized spacial score (nSPS) is 23.6. The number of aryl methyl sites for hydroxylation is 2. The SMILES string of the molecule is Cc1nn(C)c(COCC2CC=CCC2C)c1Br. The third kappa shape index (κ3) is 3.04. The number of aromatic nitrogens is 2. The molecule has 3 nitrogen and oxygen atoms in total. The predicted octanol–water partition coefficient (Wildman–Crippen LogP) is 3.61. The Balaban J connectivity index is 1.87. The van der Waals surface area contributed by atoms with Gasteiger partial charge in [-0.1, -0.05) is 19.1 Å². The highest BCUT2D eigenvalue weighted by Gasteiger charge is 2.19. The molecule has 0 fully saturated rings. The van der Waals surface area contributed by atoms with Crippen LogP contribution in [0.5, 0.6) is 0 Å². The summed E-state index contributed by atoms with van der Waals surface area (Å²) in [5.41, 5.74) is 2.14. The molecule has 0 bridgehead atoms. The molecule has 1 aromatic rings. The van der Waals surface area contributed by atoms with Crippen molar-refractivity contribution in [2.45, 2.75) is 33.3 Å². The maximum absolute atomic E-state index is 5.88. The lowest BCUT2D eigenvalue weighted by Gasteiger charge is -2.24. The van der Waals surface area contributed by atoms with Crippen LogP contribution < -0.4 is 0 Å². The minimum atomic E-state index is 0.630. The van der Waals surface area contributed by atoms with E-state index in [-0.39, 0.29) is 0 Å². The minimum Gasteiger partial charge on any atom is -0.375 e. The quantitative estimate of drug-likeness (QED) is 0.794. The van der Waals surface area contributed by atoms with E-state index < -0.39 is 0 Å². The van der Waals surface area contributed by atoms with E-state index in [0.717, 1.165) is 34.8 Å². The average Bonchev–Trinajstić information content (AvgIpc) is 2.58. The van der Waals surface area contributed by atoms with Crippen molar-refractivity contribution in [3.63, 3.8) is 0 Å². The monoisotopic (exact) mass is 312 g/mol. The summed E-state index contributed by atoms with van der Waals surface area (Å²) in [5, 5.41) is 4.37. The molecule has 0 radical (unpaired) electrons. The van der Waals surface area contributed by atoms with Crippen molar-refractivity contribution in [2.24, 2.45) is 18.9 Å². The van der Waals surface area contributed by atoms with E-state index in [9.17, 15) is 0 Å². The van der Waals surface area contributed by atoms with Gasteiger partial charge in [-0.2, -0.15) is 5.10 Å². The Morgan fingerprint density at radius 3 is 2.78 bits per heavy atom. The van der Waals surface area contributed by atoms with Gasteiger partial charge in [-0.3, -0.25) is 4.68 Å².